The first-order valence-corrected chi connectivity index (χ1v) is 7.62. The molecule has 0 bridgehead atoms. The molecule has 0 aliphatic heterocycles. The molecule has 1 amide bonds. The van der Waals surface area contributed by atoms with Crippen LogP contribution in [0.3, 0.4) is 0 Å². The molecule has 7 nitrogen and oxygen atoms in total. The zero-order chi connectivity index (χ0) is 18.1. The van der Waals surface area contributed by atoms with Gasteiger partial charge < -0.3 is 10.3 Å². The summed E-state index contributed by atoms with van der Waals surface area (Å²) in [6, 6.07) is 9.93. The first kappa shape index (κ1) is 16.7. The number of amides is 1. The number of carbonyl (C=O) groups excluding carboxylic acids is 1. The first-order chi connectivity index (χ1) is 11.8. The summed E-state index contributed by atoms with van der Waals surface area (Å²) in [6.07, 6.45) is 0. The first-order valence-electron chi connectivity index (χ1n) is 7.24. The SMILES string of the molecule is Cc1cc(=O)c2cc(C(=O)Nc3ccc([N+](=O)[O-])cc3Cl)ccc2[nH]1. The summed E-state index contributed by atoms with van der Waals surface area (Å²) < 4.78 is 0. The third-order valence-electron chi connectivity index (χ3n) is 3.64. The van der Waals surface area contributed by atoms with Crippen molar-refractivity contribution in [1.82, 2.24) is 4.98 Å². The molecular weight excluding hydrogens is 346 g/mol. The number of non-ortho nitro benzene ring substituents is 1. The van der Waals surface area contributed by atoms with Crippen LogP contribution in [-0.4, -0.2) is 15.8 Å². The molecule has 0 spiro atoms. The Bertz CT molecular complexity index is 1080. The van der Waals surface area contributed by atoms with Crippen molar-refractivity contribution in [3.8, 4) is 0 Å². The summed E-state index contributed by atoms with van der Waals surface area (Å²) in [6.45, 7) is 1.78. The average Bonchev–Trinajstić information content (AvgIpc) is 2.56. The highest BCUT2D eigenvalue weighted by atomic mass is 35.5. The number of fused-ring (bicyclic) bond motifs is 1. The van der Waals surface area contributed by atoms with Crippen LogP contribution in [0.25, 0.3) is 10.9 Å². The highest BCUT2D eigenvalue weighted by Crippen LogP contribution is 2.27. The second-order valence-corrected chi connectivity index (χ2v) is 5.86. The van der Waals surface area contributed by atoms with Crippen molar-refractivity contribution >= 4 is 39.8 Å². The third kappa shape index (κ3) is 3.36. The predicted molar refractivity (Wildman–Crippen MR) is 95.4 cm³/mol. The van der Waals surface area contributed by atoms with Crippen LogP contribution in [0.2, 0.25) is 5.02 Å². The number of halogens is 1. The van der Waals surface area contributed by atoms with E-state index in [-0.39, 0.29) is 27.4 Å². The summed E-state index contributed by atoms with van der Waals surface area (Å²) in [7, 11) is 0. The van der Waals surface area contributed by atoms with E-state index in [2.05, 4.69) is 10.3 Å². The van der Waals surface area contributed by atoms with Crippen molar-refractivity contribution in [3.05, 3.63) is 79.1 Å². The Morgan fingerprint density at radius 2 is 1.96 bits per heavy atom. The van der Waals surface area contributed by atoms with Crippen molar-refractivity contribution < 1.29 is 9.72 Å². The van der Waals surface area contributed by atoms with Gasteiger partial charge in [-0.15, -0.1) is 0 Å². The number of nitrogens with zero attached hydrogens (tertiary/aromatic N) is 1. The van der Waals surface area contributed by atoms with Gasteiger partial charge in [-0.05, 0) is 31.2 Å². The second-order valence-electron chi connectivity index (χ2n) is 5.45. The normalized spacial score (nSPS) is 10.6. The lowest BCUT2D eigenvalue weighted by molar-refractivity contribution is -0.384. The summed E-state index contributed by atoms with van der Waals surface area (Å²) in [5.41, 5.74) is 1.53. The van der Waals surface area contributed by atoms with E-state index in [0.717, 1.165) is 11.8 Å². The summed E-state index contributed by atoms with van der Waals surface area (Å²) in [5, 5.41) is 13.7. The van der Waals surface area contributed by atoms with E-state index in [1.807, 2.05) is 0 Å². The molecule has 1 heterocycles. The van der Waals surface area contributed by atoms with Crippen molar-refractivity contribution in [2.24, 2.45) is 0 Å². The number of nitrogens with one attached hydrogen (secondary N) is 2. The maximum absolute atomic E-state index is 12.4. The Balaban J connectivity index is 1.92. The number of nitro groups is 1. The van der Waals surface area contributed by atoms with Gasteiger partial charge in [0.05, 0.1) is 15.6 Å². The molecule has 126 valence electrons. The average molecular weight is 358 g/mol. The second kappa shape index (κ2) is 6.37. The van der Waals surface area contributed by atoms with E-state index >= 15 is 0 Å². The van der Waals surface area contributed by atoms with Gasteiger partial charge >= 0.3 is 0 Å². The van der Waals surface area contributed by atoms with Gasteiger partial charge in [0.2, 0.25) is 0 Å². The number of anilines is 1. The highest BCUT2D eigenvalue weighted by molar-refractivity contribution is 6.34. The van der Waals surface area contributed by atoms with Crippen LogP contribution < -0.4 is 10.7 Å². The van der Waals surface area contributed by atoms with E-state index < -0.39 is 10.8 Å². The zero-order valence-electron chi connectivity index (χ0n) is 13.0. The Morgan fingerprint density at radius 3 is 2.64 bits per heavy atom. The molecule has 25 heavy (non-hydrogen) atoms. The number of H-pyrrole nitrogens is 1. The standard InChI is InChI=1S/C17H12ClN3O4/c1-9-6-16(22)12-7-10(2-4-14(12)19-9)17(23)20-15-5-3-11(21(24)25)8-13(15)18/h2-8H,1H3,(H,19,22)(H,20,23). The Morgan fingerprint density at radius 1 is 1.20 bits per heavy atom. The molecule has 0 fully saturated rings. The maximum atomic E-state index is 12.4. The van der Waals surface area contributed by atoms with E-state index in [4.69, 9.17) is 11.6 Å². The molecule has 3 aromatic rings. The molecule has 3 rings (SSSR count). The minimum Gasteiger partial charge on any atom is -0.358 e. The number of aromatic nitrogens is 1. The molecule has 0 unspecified atom stereocenters. The molecule has 0 saturated heterocycles. The van der Waals surface area contributed by atoms with Crippen LogP contribution in [-0.2, 0) is 0 Å². The van der Waals surface area contributed by atoms with Gasteiger partial charge in [0, 0.05) is 40.4 Å². The molecular formula is C17H12ClN3O4. The highest BCUT2D eigenvalue weighted by Gasteiger charge is 2.13. The molecule has 0 saturated carbocycles. The van der Waals surface area contributed by atoms with Crippen LogP contribution in [0.4, 0.5) is 11.4 Å². The molecule has 0 aliphatic carbocycles. The van der Waals surface area contributed by atoms with Crippen molar-refractivity contribution in [1.29, 1.82) is 0 Å². The van der Waals surface area contributed by atoms with Crippen LogP contribution in [0.1, 0.15) is 16.1 Å². The number of hydrogen-bond donors (Lipinski definition) is 2. The summed E-state index contributed by atoms with van der Waals surface area (Å²) >= 11 is 5.97. The van der Waals surface area contributed by atoms with Gasteiger partial charge in [0.1, 0.15) is 0 Å². The molecule has 1 aromatic heterocycles. The lowest BCUT2D eigenvalue weighted by atomic mass is 10.1. The fourth-order valence-corrected chi connectivity index (χ4v) is 2.66. The lowest BCUT2D eigenvalue weighted by Crippen LogP contribution is -2.13. The largest absolute Gasteiger partial charge is 0.358 e. The van der Waals surface area contributed by atoms with Crippen molar-refractivity contribution in [2.75, 3.05) is 5.32 Å². The van der Waals surface area contributed by atoms with E-state index in [1.165, 1.54) is 24.3 Å². The number of nitro benzene ring substituents is 1. The molecule has 2 aromatic carbocycles. The quantitative estimate of drug-likeness (QED) is 0.551. The number of rotatable bonds is 3. The molecule has 0 radical (unpaired) electrons. The molecule has 0 aliphatic rings. The van der Waals surface area contributed by atoms with Crippen molar-refractivity contribution in [3.63, 3.8) is 0 Å². The molecule has 2 N–H and O–H groups in total. The van der Waals surface area contributed by atoms with Crippen molar-refractivity contribution in [2.45, 2.75) is 6.92 Å². The van der Waals surface area contributed by atoms with Crippen LogP contribution in [0.15, 0.2) is 47.3 Å². The summed E-state index contributed by atoms with van der Waals surface area (Å²) in [4.78, 5) is 37.6. The smallest absolute Gasteiger partial charge is 0.271 e. The number of carbonyl (C=O) groups is 1. The van der Waals surface area contributed by atoms with E-state index in [9.17, 15) is 19.7 Å². The molecule has 0 atom stereocenters. The Hall–Kier alpha value is -3.19. The Kier molecular flexibility index (Phi) is 4.24. The van der Waals surface area contributed by atoms with E-state index in [1.54, 1.807) is 19.1 Å². The maximum Gasteiger partial charge on any atom is 0.271 e. The predicted octanol–water partition coefficient (Wildman–Crippen LogP) is 3.65. The number of hydrogen-bond acceptors (Lipinski definition) is 4. The minimum atomic E-state index is -0.574. The monoisotopic (exact) mass is 357 g/mol. The number of aryl methyl sites for hydroxylation is 1. The number of pyridine rings is 1. The topological polar surface area (TPSA) is 105 Å². The minimum absolute atomic E-state index is 0.0526. The van der Waals surface area contributed by atoms with Gasteiger partial charge in [-0.1, -0.05) is 11.6 Å². The van der Waals surface area contributed by atoms with Gasteiger partial charge in [-0.2, -0.15) is 0 Å². The fourth-order valence-electron chi connectivity index (χ4n) is 2.43. The Labute approximate surface area is 146 Å². The van der Waals surface area contributed by atoms with Gasteiger partial charge in [-0.3, -0.25) is 19.7 Å². The van der Waals surface area contributed by atoms with Crippen LogP contribution in [0, 0.1) is 17.0 Å². The zero-order valence-corrected chi connectivity index (χ0v) is 13.8. The van der Waals surface area contributed by atoms with Gasteiger partial charge in [0.15, 0.2) is 5.43 Å². The van der Waals surface area contributed by atoms with Crippen LogP contribution >= 0.6 is 11.6 Å². The van der Waals surface area contributed by atoms with Gasteiger partial charge in [0.25, 0.3) is 11.6 Å². The third-order valence-corrected chi connectivity index (χ3v) is 3.95. The van der Waals surface area contributed by atoms with Crippen LogP contribution in [0.5, 0.6) is 0 Å². The number of benzene rings is 2. The summed E-state index contributed by atoms with van der Waals surface area (Å²) in [5.74, 6) is -0.474. The lowest BCUT2D eigenvalue weighted by Gasteiger charge is -2.08. The van der Waals surface area contributed by atoms with E-state index in [0.29, 0.717) is 10.9 Å². The molecule has 8 heteroatoms. The number of aromatic amines is 1. The van der Waals surface area contributed by atoms with Gasteiger partial charge in [-0.25, -0.2) is 0 Å². The fraction of sp³-hybridized carbons (Fsp3) is 0.0588.